The number of benzene rings is 2. The highest BCUT2D eigenvalue weighted by molar-refractivity contribution is 6.31. The normalized spacial score (nSPS) is 23.5. The number of allylic oxidation sites excluding steroid dienone is 2. The second-order valence-electron chi connectivity index (χ2n) is 13.2. The van der Waals surface area contributed by atoms with Gasteiger partial charge in [-0.1, -0.05) is 37.6 Å². The zero-order valence-corrected chi connectivity index (χ0v) is 28.2. The van der Waals surface area contributed by atoms with Crippen molar-refractivity contribution in [2.45, 2.75) is 71.7 Å². The number of fused-ring (bicyclic) bond motifs is 2. The lowest BCUT2D eigenvalue weighted by Gasteiger charge is -2.56. The molecule has 47 heavy (non-hydrogen) atoms. The molecule has 0 saturated heterocycles. The van der Waals surface area contributed by atoms with Gasteiger partial charge in [0.05, 0.1) is 26.4 Å². The van der Waals surface area contributed by atoms with Crippen molar-refractivity contribution >= 4 is 30.0 Å². The standard InChI is InChI=1S/C36H47N3O8/c1-21(2)8-11-26-27(40)13-23(14-29(26)46-20-25(39-37)18-38-19-32(42)45-7)10-9-22-12-24-16-31-35(3,4)34(43)28(41)17-36(31,5)47-33(24)30(15-22)44-6/h8-10,12-15,18,28,31,34,40-41,43H,11,16-17,19-20,37H2,1-7H3/b10-9+,38-18?,39-25?/t28-,31-,34-,36-/m1/s1. The van der Waals surface area contributed by atoms with Crippen molar-refractivity contribution in [3.05, 3.63) is 58.2 Å². The lowest BCUT2D eigenvalue weighted by Crippen LogP contribution is -2.63. The van der Waals surface area contributed by atoms with Gasteiger partial charge < -0.3 is 40.1 Å². The Kier molecular flexibility index (Phi) is 11.0. The molecule has 1 aliphatic heterocycles. The van der Waals surface area contributed by atoms with Crippen LogP contribution in [0.15, 0.2) is 46.0 Å². The number of phenolic OH excluding ortho intramolecular Hbond substituents is 1. The van der Waals surface area contributed by atoms with Crippen LogP contribution in [0.3, 0.4) is 0 Å². The lowest BCUT2D eigenvalue weighted by atomic mass is 9.57. The van der Waals surface area contributed by atoms with Crippen molar-refractivity contribution in [2.75, 3.05) is 27.4 Å². The molecule has 0 aromatic heterocycles. The molecule has 0 unspecified atom stereocenters. The van der Waals surface area contributed by atoms with Crippen LogP contribution < -0.4 is 20.1 Å². The van der Waals surface area contributed by atoms with Gasteiger partial charge in [0.15, 0.2) is 11.5 Å². The molecule has 0 radical (unpaired) electrons. The largest absolute Gasteiger partial charge is 0.507 e. The van der Waals surface area contributed by atoms with Gasteiger partial charge >= 0.3 is 5.97 Å². The molecule has 254 valence electrons. The number of carbonyl (C=O) groups excluding carboxylic acids is 1. The number of carbonyl (C=O) groups is 1. The fourth-order valence-electron chi connectivity index (χ4n) is 6.53. The van der Waals surface area contributed by atoms with E-state index >= 15 is 0 Å². The summed E-state index contributed by atoms with van der Waals surface area (Å²) < 4.78 is 23.0. The van der Waals surface area contributed by atoms with Crippen molar-refractivity contribution in [2.24, 2.45) is 27.3 Å². The molecule has 1 aliphatic carbocycles. The van der Waals surface area contributed by atoms with E-state index in [1.807, 2.05) is 71.0 Å². The first-order valence-electron chi connectivity index (χ1n) is 15.6. The highest BCUT2D eigenvalue weighted by atomic mass is 16.5. The highest BCUT2D eigenvalue weighted by Gasteiger charge is 2.58. The summed E-state index contributed by atoms with van der Waals surface area (Å²) in [5, 5.41) is 36.2. The lowest BCUT2D eigenvalue weighted by molar-refractivity contribution is -0.187. The average molecular weight is 650 g/mol. The predicted octanol–water partition coefficient (Wildman–Crippen LogP) is 4.48. The molecule has 2 aromatic rings. The van der Waals surface area contributed by atoms with Crippen molar-refractivity contribution in [3.63, 3.8) is 0 Å². The molecule has 0 spiro atoms. The smallest absolute Gasteiger partial charge is 0.327 e. The van der Waals surface area contributed by atoms with E-state index in [1.165, 1.54) is 13.3 Å². The predicted molar refractivity (Wildman–Crippen MR) is 182 cm³/mol. The minimum Gasteiger partial charge on any atom is -0.507 e. The van der Waals surface area contributed by atoms with Crippen molar-refractivity contribution in [1.29, 1.82) is 0 Å². The monoisotopic (exact) mass is 649 g/mol. The van der Waals surface area contributed by atoms with Gasteiger partial charge in [-0.05, 0) is 74.6 Å². The number of aliphatic hydroxyl groups is 2. The number of rotatable bonds is 11. The van der Waals surface area contributed by atoms with Crippen LogP contribution in [0.2, 0.25) is 0 Å². The minimum atomic E-state index is -0.881. The maximum Gasteiger partial charge on any atom is 0.327 e. The Morgan fingerprint density at radius 3 is 2.40 bits per heavy atom. The van der Waals surface area contributed by atoms with E-state index in [2.05, 4.69) is 14.8 Å². The maximum absolute atomic E-state index is 11.4. The molecule has 11 heteroatoms. The number of ether oxygens (including phenoxy) is 4. The van der Waals surface area contributed by atoms with Crippen LogP contribution >= 0.6 is 0 Å². The summed E-state index contributed by atoms with van der Waals surface area (Å²) in [7, 11) is 2.87. The molecular weight excluding hydrogens is 602 g/mol. The van der Waals surface area contributed by atoms with Crippen LogP contribution in [-0.4, -0.2) is 78.4 Å². The summed E-state index contributed by atoms with van der Waals surface area (Å²) in [4.78, 5) is 15.4. The number of aliphatic hydroxyl groups excluding tert-OH is 2. The molecule has 0 amide bonds. The molecule has 4 atom stereocenters. The molecule has 2 aromatic carbocycles. The number of phenols is 1. The Hall–Kier alpha value is -4.35. The van der Waals surface area contributed by atoms with Gasteiger partial charge in [0, 0.05) is 29.5 Å². The number of aromatic hydroxyl groups is 1. The number of hydrogen-bond acceptors (Lipinski definition) is 11. The van der Waals surface area contributed by atoms with E-state index in [-0.39, 0.29) is 24.8 Å². The second kappa shape index (κ2) is 14.6. The van der Waals surface area contributed by atoms with Crippen LogP contribution in [-0.2, 0) is 22.4 Å². The third-order valence-electron chi connectivity index (χ3n) is 9.13. The molecule has 0 bridgehead atoms. The van der Waals surface area contributed by atoms with E-state index in [1.54, 1.807) is 13.2 Å². The summed E-state index contributed by atoms with van der Waals surface area (Å²) in [5.74, 6) is 6.73. The van der Waals surface area contributed by atoms with E-state index in [0.29, 0.717) is 53.3 Å². The van der Waals surface area contributed by atoms with Gasteiger partial charge in [-0.2, -0.15) is 5.10 Å². The van der Waals surface area contributed by atoms with Crippen LogP contribution in [0.5, 0.6) is 23.0 Å². The summed E-state index contributed by atoms with van der Waals surface area (Å²) in [6.45, 7) is 9.68. The van der Waals surface area contributed by atoms with Crippen LogP contribution in [0, 0.1) is 11.3 Å². The molecule has 5 N–H and O–H groups in total. The van der Waals surface area contributed by atoms with Gasteiger partial charge in [0.25, 0.3) is 0 Å². The fraction of sp³-hybridized carbons (Fsp3) is 0.472. The molecule has 1 saturated carbocycles. The van der Waals surface area contributed by atoms with E-state index in [9.17, 15) is 20.1 Å². The van der Waals surface area contributed by atoms with Gasteiger partial charge in [-0.25, -0.2) is 0 Å². The summed E-state index contributed by atoms with van der Waals surface area (Å²) >= 11 is 0. The fourth-order valence-corrected chi connectivity index (χ4v) is 6.53. The van der Waals surface area contributed by atoms with Crippen LogP contribution in [0.25, 0.3) is 12.2 Å². The SMILES string of the molecule is COC(=O)CN=CC(COc1cc(/C=C/c2cc3c(c(OC)c2)O[C@]2(C)C[C@@H](O)[C@@H](O)C(C)(C)[C@H]2C3)cc(O)c1CC=C(C)C)=NN. The van der Waals surface area contributed by atoms with Crippen LogP contribution in [0.1, 0.15) is 63.3 Å². The molecule has 11 nitrogen and oxygen atoms in total. The minimum absolute atomic E-state index is 0.0395. The second-order valence-corrected chi connectivity index (χ2v) is 13.2. The zero-order chi connectivity index (χ0) is 34.5. The third kappa shape index (κ3) is 7.97. The third-order valence-corrected chi connectivity index (χ3v) is 9.13. The van der Waals surface area contributed by atoms with E-state index in [4.69, 9.17) is 20.1 Å². The van der Waals surface area contributed by atoms with Gasteiger partial charge in [0.1, 0.15) is 36.0 Å². The average Bonchev–Trinajstić information content (AvgIpc) is 3.02. The van der Waals surface area contributed by atoms with Gasteiger partial charge in [0.2, 0.25) is 0 Å². The Morgan fingerprint density at radius 1 is 1.09 bits per heavy atom. The molecule has 2 aliphatic rings. The quantitative estimate of drug-likeness (QED) is 0.0686. The number of nitrogens with zero attached hydrogens (tertiary/aromatic N) is 2. The van der Waals surface area contributed by atoms with E-state index < -0.39 is 29.2 Å². The maximum atomic E-state index is 11.4. The van der Waals surface area contributed by atoms with Crippen molar-refractivity contribution < 1.29 is 39.1 Å². The number of hydrogen-bond donors (Lipinski definition) is 4. The first-order valence-corrected chi connectivity index (χ1v) is 15.6. The molecule has 4 rings (SSSR count). The molecular formula is C36H47N3O8. The van der Waals surface area contributed by atoms with Crippen LogP contribution in [0.4, 0.5) is 0 Å². The molecule has 1 heterocycles. The van der Waals surface area contributed by atoms with Crippen molar-refractivity contribution in [3.8, 4) is 23.0 Å². The Balaban J connectivity index is 1.64. The molecule has 1 fully saturated rings. The van der Waals surface area contributed by atoms with E-state index in [0.717, 1.165) is 16.7 Å². The van der Waals surface area contributed by atoms with Gasteiger partial charge in [-0.15, -0.1) is 0 Å². The number of aliphatic imine (C=N–C) groups is 1. The van der Waals surface area contributed by atoms with Crippen molar-refractivity contribution in [1.82, 2.24) is 0 Å². The Morgan fingerprint density at radius 2 is 1.77 bits per heavy atom. The zero-order valence-electron chi connectivity index (χ0n) is 28.2. The number of hydrazone groups is 1. The summed E-state index contributed by atoms with van der Waals surface area (Å²) in [6, 6.07) is 7.43. The first-order chi connectivity index (χ1) is 22.2. The topological polar surface area (TPSA) is 165 Å². The Bertz CT molecular complexity index is 1590. The number of nitrogens with two attached hydrogens (primary N) is 1. The first kappa shape index (κ1) is 35.5. The number of esters is 1. The van der Waals surface area contributed by atoms with Gasteiger partial charge in [-0.3, -0.25) is 9.79 Å². The number of methoxy groups -OCH3 is 2. The highest BCUT2D eigenvalue weighted by Crippen LogP contribution is 2.55. The Labute approximate surface area is 276 Å². The summed E-state index contributed by atoms with van der Waals surface area (Å²) in [6.07, 6.45) is 6.80. The summed E-state index contributed by atoms with van der Waals surface area (Å²) in [5.41, 5.74) is 3.25.